The van der Waals surface area contributed by atoms with Gasteiger partial charge in [0.05, 0.1) is 40.9 Å². The molecule has 0 amide bonds. The SMILES string of the molecule is CCCCCCCCCCCCCCCC[N+](C)(C)C.OCCNCCO.[Br-]. The smallest absolute Gasteiger partial charge is 0.0780 e. The molecule has 0 saturated heterocycles. The Morgan fingerprint density at radius 3 is 1.18 bits per heavy atom. The summed E-state index contributed by atoms with van der Waals surface area (Å²) in [6.07, 6.45) is 20.4. The normalized spacial score (nSPS) is 10.9. The zero-order valence-corrected chi connectivity index (χ0v) is 21.2. The van der Waals surface area contributed by atoms with E-state index < -0.39 is 0 Å². The minimum atomic E-state index is 0. The molecule has 0 heterocycles. The lowest BCUT2D eigenvalue weighted by Gasteiger charge is -2.23. The number of aliphatic hydroxyl groups is 2. The standard InChI is InChI=1S/C19H42N.C4H11NO2.BrH/c1-5-6-7-8-9-10-11-12-13-14-15-16-17-18-19-20(2,3)4;6-3-1-5-2-4-7;/h5-19H2,1-4H3;5-7H,1-4H2;1H/q+1;;/p-1. The van der Waals surface area contributed by atoms with Gasteiger partial charge in [-0.3, -0.25) is 0 Å². The van der Waals surface area contributed by atoms with Crippen LogP contribution in [0.3, 0.4) is 0 Å². The second-order valence-corrected chi connectivity index (χ2v) is 8.81. The molecule has 174 valence electrons. The maximum absolute atomic E-state index is 8.15. The van der Waals surface area contributed by atoms with Crippen molar-refractivity contribution in [1.82, 2.24) is 5.32 Å². The number of hydrogen-bond donors (Lipinski definition) is 3. The Balaban J connectivity index is -0.000000665. The highest BCUT2D eigenvalue weighted by atomic mass is 79.9. The van der Waals surface area contributed by atoms with Crippen LogP contribution in [0.15, 0.2) is 0 Å². The molecular weight excluding hydrogens is 416 g/mol. The van der Waals surface area contributed by atoms with Crippen LogP contribution < -0.4 is 22.3 Å². The summed E-state index contributed by atoms with van der Waals surface area (Å²) in [7, 11) is 6.88. The van der Waals surface area contributed by atoms with Gasteiger partial charge in [-0.15, -0.1) is 0 Å². The summed E-state index contributed by atoms with van der Waals surface area (Å²) < 4.78 is 1.12. The average Bonchev–Trinajstić information content (AvgIpc) is 2.62. The Morgan fingerprint density at radius 1 is 0.571 bits per heavy atom. The third-order valence-electron chi connectivity index (χ3n) is 4.76. The molecular formula is C23H53BrN2O2. The quantitative estimate of drug-likeness (QED) is 0.200. The first kappa shape index (κ1) is 33.0. The van der Waals surface area contributed by atoms with Crippen molar-refractivity contribution in [2.45, 2.75) is 96.8 Å². The van der Waals surface area contributed by atoms with Gasteiger partial charge in [0.2, 0.25) is 0 Å². The minimum Gasteiger partial charge on any atom is -1.00 e. The predicted octanol–water partition coefficient (Wildman–Crippen LogP) is 1.74. The van der Waals surface area contributed by atoms with Gasteiger partial charge < -0.3 is 37.0 Å². The van der Waals surface area contributed by atoms with Gasteiger partial charge in [0.1, 0.15) is 0 Å². The van der Waals surface area contributed by atoms with Crippen LogP contribution in [-0.4, -0.2) is 68.7 Å². The molecule has 0 aliphatic carbocycles. The van der Waals surface area contributed by atoms with E-state index in [1.807, 2.05) is 0 Å². The minimum absolute atomic E-state index is 0. The molecule has 0 rings (SSSR count). The second-order valence-electron chi connectivity index (χ2n) is 8.81. The van der Waals surface area contributed by atoms with E-state index in [9.17, 15) is 0 Å². The summed E-state index contributed by atoms with van der Waals surface area (Å²) in [6, 6.07) is 0. The fourth-order valence-corrected chi connectivity index (χ4v) is 3.06. The van der Waals surface area contributed by atoms with Crippen molar-refractivity contribution >= 4 is 0 Å². The molecule has 28 heavy (non-hydrogen) atoms. The number of unbranched alkanes of at least 4 members (excludes halogenated alkanes) is 13. The average molecular weight is 470 g/mol. The van der Waals surface area contributed by atoms with Crippen LogP contribution >= 0.6 is 0 Å². The first-order valence-electron chi connectivity index (χ1n) is 11.7. The van der Waals surface area contributed by atoms with Crippen LogP contribution in [0, 0.1) is 0 Å². The largest absolute Gasteiger partial charge is 1.00 e. The van der Waals surface area contributed by atoms with Crippen molar-refractivity contribution in [3.8, 4) is 0 Å². The summed E-state index contributed by atoms with van der Waals surface area (Å²) in [4.78, 5) is 0. The van der Waals surface area contributed by atoms with Gasteiger partial charge in [0.15, 0.2) is 0 Å². The third kappa shape index (κ3) is 37.1. The molecule has 3 N–H and O–H groups in total. The maximum Gasteiger partial charge on any atom is 0.0780 e. The number of halogens is 1. The predicted molar refractivity (Wildman–Crippen MR) is 120 cm³/mol. The van der Waals surface area contributed by atoms with E-state index in [1.54, 1.807) is 0 Å². The number of quaternary nitrogens is 1. The van der Waals surface area contributed by atoms with E-state index in [-0.39, 0.29) is 30.2 Å². The van der Waals surface area contributed by atoms with Gasteiger partial charge in [0.25, 0.3) is 0 Å². The molecule has 0 atom stereocenters. The van der Waals surface area contributed by atoms with E-state index in [0.717, 1.165) is 4.48 Å². The van der Waals surface area contributed by atoms with Crippen LogP contribution in [0.2, 0.25) is 0 Å². The van der Waals surface area contributed by atoms with Crippen LogP contribution in [0.25, 0.3) is 0 Å². The Hall–Kier alpha value is 0.320. The van der Waals surface area contributed by atoms with Crippen molar-refractivity contribution in [3.63, 3.8) is 0 Å². The molecule has 4 nitrogen and oxygen atoms in total. The number of nitrogens with one attached hydrogen (secondary N) is 1. The van der Waals surface area contributed by atoms with Crippen molar-refractivity contribution in [2.24, 2.45) is 0 Å². The lowest BCUT2D eigenvalue weighted by atomic mass is 10.0. The molecule has 0 unspecified atom stereocenters. The maximum atomic E-state index is 8.15. The molecule has 0 bridgehead atoms. The molecule has 0 radical (unpaired) electrons. The van der Waals surface area contributed by atoms with E-state index in [4.69, 9.17) is 10.2 Å². The van der Waals surface area contributed by atoms with Crippen molar-refractivity contribution in [3.05, 3.63) is 0 Å². The molecule has 0 aromatic rings. The molecule has 0 aromatic heterocycles. The number of hydrogen-bond acceptors (Lipinski definition) is 3. The van der Waals surface area contributed by atoms with Crippen LogP contribution in [0.4, 0.5) is 0 Å². The third-order valence-corrected chi connectivity index (χ3v) is 4.76. The summed E-state index contributed by atoms with van der Waals surface area (Å²) >= 11 is 0. The molecule has 0 saturated carbocycles. The highest BCUT2D eigenvalue weighted by Crippen LogP contribution is 2.13. The lowest BCUT2D eigenvalue weighted by molar-refractivity contribution is -0.870. The van der Waals surface area contributed by atoms with E-state index in [0.29, 0.717) is 13.1 Å². The van der Waals surface area contributed by atoms with Gasteiger partial charge in [-0.1, -0.05) is 84.0 Å². The van der Waals surface area contributed by atoms with Crippen LogP contribution in [-0.2, 0) is 0 Å². The van der Waals surface area contributed by atoms with E-state index in [2.05, 4.69) is 33.4 Å². The fourth-order valence-electron chi connectivity index (χ4n) is 3.06. The van der Waals surface area contributed by atoms with Crippen molar-refractivity contribution < 1.29 is 31.7 Å². The zero-order chi connectivity index (χ0) is 20.6. The Bertz CT molecular complexity index is 257. The summed E-state index contributed by atoms with van der Waals surface area (Å²) in [5.74, 6) is 0. The highest BCUT2D eigenvalue weighted by Gasteiger charge is 2.04. The number of nitrogens with zero attached hydrogens (tertiary/aromatic N) is 1. The summed E-state index contributed by atoms with van der Waals surface area (Å²) in [5.41, 5.74) is 0. The van der Waals surface area contributed by atoms with Crippen molar-refractivity contribution in [1.29, 1.82) is 0 Å². The Labute approximate surface area is 187 Å². The molecule has 0 spiro atoms. The number of aliphatic hydroxyl groups excluding tert-OH is 2. The van der Waals surface area contributed by atoms with E-state index in [1.165, 1.54) is 96.4 Å². The summed E-state index contributed by atoms with van der Waals surface area (Å²) in [5, 5.41) is 19.1. The van der Waals surface area contributed by atoms with E-state index >= 15 is 0 Å². The molecule has 0 aliphatic heterocycles. The van der Waals surface area contributed by atoms with Gasteiger partial charge in [-0.2, -0.15) is 0 Å². The first-order chi connectivity index (χ1) is 13.0. The van der Waals surface area contributed by atoms with Gasteiger partial charge >= 0.3 is 0 Å². The second kappa shape index (κ2) is 27.3. The Kier molecular flexibility index (Phi) is 32.2. The molecule has 5 heteroatoms. The lowest BCUT2D eigenvalue weighted by Crippen LogP contribution is -3.00. The van der Waals surface area contributed by atoms with Crippen molar-refractivity contribution in [2.75, 3.05) is 54.0 Å². The van der Waals surface area contributed by atoms with Crippen LogP contribution in [0.5, 0.6) is 0 Å². The summed E-state index contributed by atoms with van der Waals surface area (Å²) in [6.45, 7) is 5.04. The molecule has 0 aromatic carbocycles. The first-order valence-corrected chi connectivity index (χ1v) is 11.7. The fraction of sp³-hybridized carbons (Fsp3) is 1.00. The zero-order valence-electron chi connectivity index (χ0n) is 19.7. The topological polar surface area (TPSA) is 52.5 Å². The Morgan fingerprint density at radius 2 is 0.893 bits per heavy atom. The highest BCUT2D eigenvalue weighted by molar-refractivity contribution is 4.49. The van der Waals surface area contributed by atoms with Gasteiger partial charge in [0, 0.05) is 13.1 Å². The number of rotatable bonds is 19. The van der Waals surface area contributed by atoms with Crippen LogP contribution in [0.1, 0.15) is 96.8 Å². The van der Waals surface area contributed by atoms with Gasteiger partial charge in [-0.05, 0) is 12.8 Å². The molecule has 0 fully saturated rings. The van der Waals surface area contributed by atoms with Gasteiger partial charge in [-0.25, -0.2) is 0 Å². The molecule has 0 aliphatic rings. The monoisotopic (exact) mass is 468 g/mol.